The van der Waals surface area contributed by atoms with Crippen LogP contribution in [-0.4, -0.2) is 51.1 Å². The Hall–Kier alpha value is -0.610. The van der Waals surface area contributed by atoms with Crippen molar-refractivity contribution in [2.75, 3.05) is 40.3 Å². The Balaban J connectivity index is 2.30. The van der Waals surface area contributed by atoms with E-state index in [0.29, 0.717) is 5.92 Å². The van der Waals surface area contributed by atoms with Crippen molar-refractivity contribution < 1.29 is 4.79 Å². The largest absolute Gasteiger partial charge is 0.356 e. The molecule has 0 saturated carbocycles. The van der Waals surface area contributed by atoms with Crippen LogP contribution in [-0.2, 0) is 4.79 Å². The molecule has 4 heteroatoms. The third-order valence-electron chi connectivity index (χ3n) is 4.06. The van der Waals surface area contributed by atoms with E-state index in [-0.39, 0.29) is 11.3 Å². The van der Waals surface area contributed by atoms with E-state index < -0.39 is 0 Å². The van der Waals surface area contributed by atoms with E-state index >= 15 is 0 Å². The molecule has 0 radical (unpaired) electrons. The van der Waals surface area contributed by atoms with Crippen molar-refractivity contribution in [2.24, 2.45) is 11.3 Å². The van der Waals surface area contributed by atoms with Crippen molar-refractivity contribution in [3.05, 3.63) is 0 Å². The molecule has 0 aromatic rings. The molecule has 0 bridgehead atoms. The lowest BCUT2D eigenvalue weighted by Gasteiger charge is -2.31. The Bertz CT molecular complexity index is 258. The lowest BCUT2D eigenvalue weighted by molar-refractivity contribution is -0.132. The molecule has 0 aliphatic carbocycles. The lowest BCUT2D eigenvalue weighted by Crippen LogP contribution is -2.46. The Morgan fingerprint density at radius 3 is 2.61 bits per heavy atom. The summed E-state index contributed by atoms with van der Waals surface area (Å²) in [5, 5.41) is 6.45. The second-order valence-electron chi connectivity index (χ2n) is 6.00. The number of hydrogen-bond donors (Lipinski definition) is 2. The first-order valence-corrected chi connectivity index (χ1v) is 7.13. The summed E-state index contributed by atoms with van der Waals surface area (Å²) in [5.41, 5.74) is -0.179. The van der Waals surface area contributed by atoms with E-state index in [1.807, 2.05) is 0 Å². The highest BCUT2D eigenvalue weighted by Crippen LogP contribution is 2.34. The predicted molar refractivity (Wildman–Crippen MR) is 75.6 cm³/mol. The zero-order valence-electron chi connectivity index (χ0n) is 12.4. The molecule has 0 aromatic carbocycles. The van der Waals surface area contributed by atoms with Crippen molar-refractivity contribution in [1.82, 2.24) is 15.5 Å². The maximum absolute atomic E-state index is 12.3. The number of carbonyl (C=O) groups is 1. The summed E-state index contributed by atoms with van der Waals surface area (Å²) in [5.74, 6) is 0.640. The van der Waals surface area contributed by atoms with Gasteiger partial charge in [-0.2, -0.15) is 0 Å². The molecule has 1 saturated heterocycles. The van der Waals surface area contributed by atoms with Crippen molar-refractivity contribution in [1.29, 1.82) is 0 Å². The summed E-state index contributed by atoms with van der Waals surface area (Å²) >= 11 is 0. The van der Waals surface area contributed by atoms with Gasteiger partial charge in [0.05, 0.1) is 5.41 Å². The van der Waals surface area contributed by atoms with Gasteiger partial charge >= 0.3 is 0 Å². The normalized spacial score (nSPS) is 23.9. The van der Waals surface area contributed by atoms with Crippen LogP contribution in [0.15, 0.2) is 0 Å². The molecule has 1 atom stereocenters. The van der Waals surface area contributed by atoms with Gasteiger partial charge in [0.1, 0.15) is 0 Å². The van der Waals surface area contributed by atoms with Gasteiger partial charge in [-0.3, -0.25) is 4.79 Å². The van der Waals surface area contributed by atoms with Crippen LogP contribution in [0, 0.1) is 11.3 Å². The fraction of sp³-hybridized carbons (Fsp3) is 0.929. The highest BCUT2D eigenvalue weighted by atomic mass is 16.2. The summed E-state index contributed by atoms with van der Waals surface area (Å²) in [6.45, 7) is 7.99. The molecule has 1 aliphatic heterocycles. The first-order chi connectivity index (χ1) is 8.49. The molecule has 4 nitrogen and oxygen atoms in total. The summed E-state index contributed by atoms with van der Waals surface area (Å²) in [7, 11) is 4.16. The Morgan fingerprint density at radius 1 is 1.39 bits per heavy atom. The average molecular weight is 255 g/mol. The molecule has 18 heavy (non-hydrogen) atoms. The van der Waals surface area contributed by atoms with Crippen molar-refractivity contribution >= 4 is 5.91 Å². The van der Waals surface area contributed by atoms with Crippen molar-refractivity contribution in [3.63, 3.8) is 0 Å². The first kappa shape index (κ1) is 15.4. The summed E-state index contributed by atoms with van der Waals surface area (Å²) in [6, 6.07) is 0. The zero-order valence-corrected chi connectivity index (χ0v) is 12.4. The highest BCUT2D eigenvalue weighted by Gasteiger charge is 2.43. The molecule has 1 rings (SSSR count). The second kappa shape index (κ2) is 7.10. The smallest absolute Gasteiger partial charge is 0.227 e. The van der Waals surface area contributed by atoms with Gasteiger partial charge < -0.3 is 15.5 Å². The SMILES string of the molecule is CC(C)C1(C(=O)NCCCCN(C)C)CCNC1. The summed E-state index contributed by atoms with van der Waals surface area (Å²) in [4.78, 5) is 14.5. The van der Waals surface area contributed by atoms with Crippen LogP contribution in [0.1, 0.15) is 33.1 Å². The van der Waals surface area contributed by atoms with Gasteiger partial charge in [-0.25, -0.2) is 0 Å². The molecular formula is C14H29N3O. The molecule has 1 unspecified atom stereocenters. The predicted octanol–water partition coefficient (Wildman–Crippen LogP) is 1.08. The zero-order chi connectivity index (χ0) is 13.6. The monoisotopic (exact) mass is 255 g/mol. The van der Waals surface area contributed by atoms with Gasteiger partial charge in [0.25, 0.3) is 0 Å². The lowest BCUT2D eigenvalue weighted by atomic mass is 9.75. The van der Waals surface area contributed by atoms with E-state index in [2.05, 4.69) is 43.5 Å². The van der Waals surface area contributed by atoms with E-state index in [0.717, 1.165) is 45.4 Å². The molecule has 2 N–H and O–H groups in total. The standard InChI is InChI=1S/C14H29N3O/c1-12(2)14(7-9-15-11-14)13(18)16-8-5-6-10-17(3)4/h12,15H,5-11H2,1-4H3,(H,16,18). The van der Waals surface area contributed by atoms with Crippen LogP contribution in [0.25, 0.3) is 0 Å². The molecule has 1 amide bonds. The van der Waals surface area contributed by atoms with Gasteiger partial charge in [0.2, 0.25) is 5.91 Å². The Morgan fingerprint density at radius 2 is 2.11 bits per heavy atom. The number of nitrogens with zero attached hydrogens (tertiary/aromatic N) is 1. The van der Waals surface area contributed by atoms with Crippen LogP contribution >= 0.6 is 0 Å². The van der Waals surface area contributed by atoms with E-state index in [4.69, 9.17) is 0 Å². The molecule has 0 aromatic heterocycles. The minimum Gasteiger partial charge on any atom is -0.356 e. The van der Waals surface area contributed by atoms with E-state index in [1.54, 1.807) is 0 Å². The molecule has 0 spiro atoms. The van der Waals surface area contributed by atoms with Gasteiger partial charge in [0.15, 0.2) is 0 Å². The fourth-order valence-electron chi connectivity index (χ4n) is 2.59. The molecular weight excluding hydrogens is 226 g/mol. The van der Waals surface area contributed by atoms with Crippen molar-refractivity contribution in [2.45, 2.75) is 33.1 Å². The fourth-order valence-corrected chi connectivity index (χ4v) is 2.59. The molecule has 1 fully saturated rings. The minimum absolute atomic E-state index is 0.179. The number of carbonyl (C=O) groups excluding carboxylic acids is 1. The second-order valence-corrected chi connectivity index (χ2v) is 6.00. The maximum Gasteiger partial charge on any atom is 0.227 e. The topological polar surface area (TPSA) is 44.4 Å². The Labute approximate surface area is 111 Å². The third kappa shape index (κ3) is 3.95. The average Bonchev–Trinajstić information content (AvgIpc) is 2.78. The van der Waals surface area contributed by atoms with Gasteiger partial charge in [0, 0.05) is 13.1 Å². The highest BCUT2D eigenvalue weighted by molar-refractivity contribution is 5.83. The number of hydrogen-bond acceptors (Lipinski definition) is 3. The molecule has 1 heterocycles. The first-order valence-electron chi connectivity index (χ1n) is 7.13. The van der Waals surface area contributed by atoms with Crippen molar-refractivity contribution in [3.8, 4) is 0 Å². The molecule has 106 valence electrons. The number of nitrogens with one attached hydrogen (secondary N) is 2. The Kier molecular flexibility index (Phi) is 6.09. The van der Waals surface area contributed by atoms with E-state index in [1.165, 1.54) is 0 Å². The minimum atomic E-state index is -0.179. The third-order valence-corrected chi connectivity index (χ3v) is 4.06. The van der Waals surface area contributed by atoms with Gasteiger partial charge in [-0.15, -0.1) is 0 Å². The maximum atomic E-state index is 12.3. The van der Waals surface area contributed by atoms with Crippen LogP contribution in [0.5, 0.6) is 0 Å². The number of rotatable bonds is 7. The van der Waals surface area contributed by atoms with Crippen LogP contribution < -0.4 is 10.6 Å². The summed E-state index contributed by atoms with van der Waals surface area (Å²) < 4.78 is 0. The van der Waals surface area contributed by atoms with E-state index in [9.17, 15) is 4.79 Å². The quantitative estimate of drug-likeness (QED) is 0.669. The van der Waals surface area contributed by atoms with Crippen LogP contribution in [0.4, 0.5) is 0 Å². The van der Waals surface area contributed by atoms with Gasteiger partial charge in [-0.1, -0.05) is 13.8 Å². The number of amides is 1. The summed E-state index contributed by atoms with van der Waals surface area (Å²) in [6.07, 6.45) is 3.17. The van der Waals surface area contributed by atoms with Gasteiger partial charge in [-0.05, 0) is 52.4 Å². The van der Waals surface area contributed by atoms with Crippen LogP contribution in [0.2, 0.25) is 0 Å². The van der Waals surface area contributed by atoms with Crippen LogP contribution in [0.3, 0.4) is 0 Å². The molecule has 1 aliphatic rings. The number of unbranched alkanes of at least 4 members (excludes halogenated alkanes) is 1.